The minimum Gasteiger partial charge on any atom is -0.358 e. The number of nitrogens with zero attached hydrogens (tertiary/aromatic N) is 1. The van der Waals surface area contributed by atoms with Crippen LogP contribution in [0.25, 0.3) is 10.9 Å². The molecule has 3 aromatic rings. The number of aromatic amines is 1. The van der Waals surface area contributed by atoms with Gasteiger partial charge in [-0.2, -0.15) is 0 Å². The predicted octanol–water partition coefficient (Wildman–Crippen LogP) is 3.10. The summed E-state index contributed by atoms with van der Waals surface area (Å²) in [6.07, 6.45) is 1.48. The fourth-order valence-corrected chi connectivity index (χ4v) is 3.90. The normalized spacial score (nSPS) is 13.8. The van der Waals surface area contributed by atoms with Crippen molar-refractivity contribution < 1.29 is 14.4 Å². The Balaban J connectivity index is 1.48. The third-order valence-electron chi connectivity index (χ3n) is 5.42. The van der Waals surface area contributed by atoms with E-state index in [2.05, 4.69) is 10.3 Å². The maximum Gasteiger partial charge on any atom is 0.292 e. The van der Waals surface area contributed by atoms with Gasteiger partial charge in [-0.3, -0.25) is 14.4 Å². The fourth-order valence-electron chi connectivity index (χ4n) is 3.90. The summed E-state index contributed by atoms with van der Waals surface area (Å²) >= 11 is 0. The molecule has 1 saturated heterocycles. The van der Waals surface area contributed by atoms with Crippen molar-refractivity contribution in [1.82, 2.24) is 15.2 Å². The minimum atomic E-state index is -0.634. The Labute approximate surface area is 168 Å². The molecule has 0 spiro atoms. The van der Waals surface area contributed by atoms with Gasteiger partial charge in [-0.15, -0.1) is 0 Å². The van der Waals surface area contributed by atoms with Crippen molar-refractivity contribution in [2.75, 3.05) is 6.54 Å². The lowest BCUT2D eigenvalue weighted by molar-refractivity contribution is -0.128. The first kappa shape index (κ1) is 18.9. The summed E-state index contributed by atoms with van der Waals surface area (Å²) in [4.78, 5) is 42.3. The van der Waals surface area contributed by atoms with Gasteiger partial charge in [0, 0.05) is 42.7 Å². The van der Waals surface area contributed by atoms with E-state index in [-0.39, 0.29) is 12.5 Å². The summed E-state index contributed by atoms with van der Waals surface area (Å²) in [5, 5.41) is 3.50. The number of H-pyrrole nitrogens is 1. The van der Waals surface area contributed by atoms with Crippen LogP contribution in [0, 0.1) is 6.92 Å². The second kappa shape index (κ2) is 7.91. The first-order valence-electron chi connectivity index (χ1n) is 9.79. The Morgan fingerprint density at radius 1 is 1.07 bits per heavy atom. The molecule has 1 aromatic heterocycles. The summed E-state index contributed by atoms with van der Waals surface area (Å²) in [5.41, 5.74) is 3.82. The molecule has 148 valence electrons. The molecule has 0 saturated carbocycles. The Kier molecular flexibility index (Phi) is 5.16. The van der Waals surface area contributed by atoms with Gasteiger partial charge in [0.2, 0.25) is 5.91 Å². The van der Waals surface area contributed by atoms with Crippen molar-refractivity contribution in [2.24, 2.45) is 0 Å². The molecule has 1 fully saturated rings. The van der Waals surface area contributed by atoms with Gasteiger partial charge in [-0.05, 0) is 30.5 Å². The molecule has 0 radical (unpaired) electrons. The van der Waals surface area contributed by atoms with Gasteiger partial charge >= 0.3 is 0 Å². The number of benzene rings is 2. The lowest BCUT2D eigenvalue weighted by Crippen LogP contribution is -2.31. The number of aromatic nitrogens is 1. The zero-order valence-corrected chi connectivity index (χ0v) is 16.3. The number of nitrogens with one attached hydrogen (secondary N) is 2. The largest absolute Gasteiger partial charge is 0.358 e. The smallest absolute Gasteiger partial charge is 0.292 e. The van der Waals surface area contributed by atoms with Crippen LogP contribution in [0.2, 0.25) is 0 Å². The maximum absolute atomic E-state index is 12.8. The van der Waals surface area contributed by atoms with Gasteiger partial charge in [-0.1, -0.05) is 42.5 Å². The van der Waals surface area contributed by atoms with E-state index in [4.69, 9.17) is 0 Å². The number of carbonyl (C=O) groups excluding carboxylic acids is 3. The van der Waals surface area contributed by atoms with Crippen LogP contribution in [0.5, 0.6) is 0 Å². The number of Topliss-reactive ketones (excluding diaryl/α,β-unsaturated/α-hetero) is 1. The maximum atomic E-state index is 12.8. The number of fused-ring (bicyclic) bond motifs is 1. The summed E-state index contributed by atoms with van der Waals surface area (Å²) in [6.45, 7) is 3.32. The van der Waals surface area contributed by atoms with Crippen LogP contribution in [0.3, 0.4) is 0 Å². The zero-order chi connectivity index (χ0) is 20.4. The third kappa shape index (κ3) is 3.78. The monoisotopic (exact) mass is 389 g/mol. The van der Waals surface area contributed by atoms with Gasteiger partial charge in [0.15, 0.2) is 0 Å². The molecule has 2 aromatic carbocycles. The van der Waals surface area contributed by atoms with Crippen LogP contribution >= 0.6 is 0 Å². The van der Waals surface area contributed by atoms with Crippen LogP contribution in [-0.4, -0.2) is 34.0 Å². The van der Waals surface area contributed by atoms with E-state index >= 15 is 0 Å². The second-order valence-corrected chi connectivity index (χ2v) is 7.37. The first-order chi connectivity index (χ1) is 14.0. The zero-order valence-electron chi connectivity index (χ0n) is 16.3. The number of hydrogen-bond donors (Lipinski definition) is 2. The molecule has 2 amide bonds. The van der Waals surface area contributed by atoms with Gasteiger partial charge in [0.1, 0.15) is 0 Å². The van der Waals surface area contributed by atoms with Crippen molar-refractivity contribution in [3.8, 4) is 0 Å². The Morgan fingerprint density at radius 3 is 2.55 bits per heavy atom. The SMILES string of the molecule is Cc1[nH]c2ccccc2c1C(=O)C(=O)NCc1ccccc1CN1CCCC1=O. The Hall–Kier alpha value is -3.41. The summed E-state index contributed by atoms with van der Waals surface area (Å²) < 4.78 is 0. The molecule has 0 unspecified atom stereocenters. The molecule has 0 aliphatic carbocycles. The molecule has 0 atom stereocenters. The molecular weight excluding hydrogens is 366 g/mol. The van der Waals surface area contributed by atoms with Crippen molar-refractivity contribution in [1.29, 1.82) is 0 Å². The van der Waals surface area contributed by atoms with Crippen LogP contribution in [-0.2, 0) is 22.7 Å². The van der Waals surface area contributed by atoms with Crippen molar-refractivity contribution in [2.45, 2.75) is 32.9 Å². The molecule has 6 heteroatoms. The van der Waals surface area contributed by atoms with Gasteiger partial charge in [-0.25, -0.2) is 0 Å². The topological polar surface area (TPSA) is 82.3 Å². The quantitative estimate of drug-likeness (QED) is 0.502. The molecule has 1 aliphatic rings. The standard InChI is InChI=1S/C23H23N3O3/c1-15-21(18-9-4-5-10-19(18)25-15)22(28)23(29)24-13-16-7-2-3-8-17(16)14-26-12-6-11-20(26)27/h2-5,7-10,25H,6,11-14H2,1H3,(H,24,29). The van der Waals surface area contributed by atoms with E-state index in [0.29, 0.717) is 24.2 Å². The van der Waals surface area contributed by atoms with Crippen LogP contribution in [0.15, 0.2) is 48.5 Å². The van der Waals surface area contributed by atoms with Crippen LogP contribution < -0.4 is 5.32 Å². The third-order valence-corrected chi connectivity index (χ3v) is 5.42. The van der Waals surface area contributed by atoms with E-state index in [1.165, 1.54) is 0 Å². The van der Waals surface area contributed by atoms with E-state index < -0.39 is 11.7 Å². The van der Waals surface area contributed by atoms with Crippen molar-refractivity contribution in [3.05, 3.63) is 70.9 Å². The molecule has 1 aliphatic heterocycles. The second-order valence-electron chi connectivity index (χ2n) is 7.37. The van der Waals surface area contributed by atoms with E-state index in [1.54, 1.807) is 6.92 Å². The average Bonchev–Trinajstić information content (AvgIpc) is 3.28. The number of amides is 2. The van der Waals surface area contributed by atoms with Crippen LogP contribution in [0.4, 0.5) is 0 Å². The number of hydrogen-bond acceptors (Lipinski definition) is 3. The molecule has 2 heterocycles. The molecular formula is C23H23N3O3. The highest BCUT2D eigenvalue weighted by atomic mass is 16.2. The predicted molar refractivity (Wildman–Crippen MR) is 110 cm³/mol. The highest BCUT2D eigenvalue weighted by molar-refractivity contribution is 6.45. The molecule has 6 nitrogen and oxygen atoms in total. The molecule has 29 heavy (non-hydrogen) atoms. The van der Waals surface area contributed by atoms with Crippen molar-refractivity contribution in [3.63, 3.8) is 0 Å². The molecule has 0 bridgehead atoms. The van der Waals surface area contributed by atoms with Crippen LogP contribution in [0.1, 0.15) is 40.0 Å². The van der Waals surface area contributed by atoms with Crippen molar-refractivity contribution >= 4 is 28.5 Å². The van der Waals surface area contributed by atoms with E-state index in [1.807, 2.05) is 53.4 Å². The number of aryl methyl sites for hydroxylation is 1. The first-order valence-corrected chi connectivity index (χ1v) is 9.79. The van der Waals surface area contributed by atoms with E-state index in [0.717, 1.165) is 35.0 Å². The number of likely N-dealkylation sites (tertiary alicyclic amines) is 1. The molecule has 2 N–H and O–H groups in total. The average molecular weight is 389 g/mol. The lowest BCUT2D eigenvalue weighted by Gasteiger charge is -2.18. The van der Waals surface area contributed by atoms with Gasteiger partial charge < -0.3 is 15.2 Å². The lowest BCUT2D eigenvalue weighted by atomic mass is 10.0. The molecule has 4 rings (SSSR count). The Bertz CT molecular complexity index is 1100. The number of carbonyl (C=O) groups is 3. The minimum absolute atomic E-state index is 0.161. The number of para-hydroxylation sites is 1. The Morgan fingerprint density at radius 2 is 1.79 bits per heavy atom. The van der Waals surface area contributed by atoms with E-state index in [9.17, 15) is 14.4 Å². The fraction of sp³-hybridized carbons (Fsp3) is 0.261. The summed E-state index contributed by atoms with van der Waals surface area (Å²) in [6, 6.07) is 15.1. The summed E-state index contributed by atoms with van der Waals surface area (Å²) in [5.74, 6) is -1.02. The van der Waals surface area contributed by atoms with Gasteiger partial charge in [0.25, 0.3) is 11.7 Å². The highest BCUT2D eigenvalue weighted by Gasteiger charge is 2.23. The summed E-state index contributed by atoms with van der Waals surface area (Å²) in [7, 11) is 0. The highest BCUT2D eigenvalue weighted by Crippen LogP contribution is 2.22. The van der Waals surface area contributed by atoms with Gasteiger partial charge in [0.05, 0.1) is 5.56 Å². The number of ketones is 1. The number of rotatable bonds is 6.